The van der Waals surface area contributed by atoms with Crippen LogP contribution in [-0.4, -0.2) is 56.0 Å². The van der Waals surface area contributed by atoms with Gasteiger partial charge in [-0.3, -0.25) is 15.1 Å². The largest absolute Gasteiger partial charge is 0.494 e. The average Bonchev–Trinajstić information content (AvgIpc) is 2.68. The number of nitrogens with one attached hydrogen (secondary N) is 1. The highest BCUT2D eigenvalue weighted by Gasteiger charge is 2.07. The van der Waals surface area contributed by atoms with Gasteiger partial charge in [0.15, 0.2) is 5.84 Å². The van der Waals surface area contributed by atoms with Crippen LogP contribution in [0, 0.1) is 10.1 Å². The third kappa shape index (κ3) is 9.71. The van der Waals surface area contributed by atoms with Crippen molar-refractivity contribution in [2.24, 2.45) is 4.99 Å². The van der Waals surface area contributed by atoms with Gasteiger partial charge in [-0.05, 0) is 43.8 Å². The predicted molar refractivity (Wildman–Crippen MR) is 116 cm³/mol. The molecule has 1 N–H and O–H groups in total. The molecule has 0 amide bonds. The summed E-state index contributed by atoms with van der Waals surface area (Å²) in [5, 5.41) is 14.0. The van der Waals surface area contributed by atoms with Gasteiger partial charge in [0.05, 0.1) is 6.61 Å². The fourth-order valence-corrected chi connectivity index (χ4v) is 2.85. The molecule has 2 rings (SSSR count). The summed E-state index contributed by atoms with van der Waals surface area (Å²) in [6.45, 7) is 2.19. The molecule has 156 valence electrons. The lowest BCUT2D eigenvalue weighted by Gasteiger charge is -2.11. The first-order valence-electron chi connectivity index (χ1n) is 9.82. The number of nitrogens with zero attached hydrogens (tertiary/aromatic N) is 3. The van der Waals surface area contributed by atoms with Crippen molar-refractivity contribution >= 4 is 5.84 Å². The van der Waals surface area contributed by atoms with E-state index >= 15 is 0 Å². The van der Waals surface area contributed by atoms with E-state index in [0.717, 1.165) is 18.7 Å². The van der Waals surface area contributed by atoms with Crippen LogP contribution in [0.2, 0.25) is 0 Å². The first-order chi connectivity index (χ1) is 14.0. The van der Waals surface area contributed by atoms with Crippen molar-refractivity contribution < 1.29 is 9.66 Å². The summed E-state index contributed by atoms with van der Waals surface area (Å²) in [4.78, 5) is 17.0. The third-order valence-corrected chi connectivity index (χ3v) is 4.14. The van der Waals surface area contributed by atoms with Gasteiger partial charge in [0.2, 0.25) is 0 Å². The molecular weight excluding hydrogens is 368 g/mol. The van der Waals surface area contributed by atoms with E-state index in [1.54, 1.807) is 0 Å². The number of hydrogen-bond acceptors (Lipinski definition) is 5. The number of nitro groups is 1. The number of amidine groups is 1. The Morgan fingerprint density at radius 1 is 1.14 bits per heavy atom. The maximum Gasteiger partial charge on any atom is 0.259 e. The van der Waals surface area contributed by atoms with Crippen LogP contribution in [-0.2, 0) is 13.0 Å². The highest BCUT2D eigenvalue weighted by molar-refractivity contribution is 5.83. The van der Waals surface area contributed by atoms with Gasteiger partial charge >= 0.3 is 0 Å². The maximum absolute atomic E-state index is 10.9. The van der Waals surface area contributed by atoms with Gasteiger partial charge in [0, 0.05) is 31.0 Å². The van der Waals surface area contributed by atoms with Crippen LogP contribution in [0.1, 0.15) is 17.5 Å². The molecule has 0 atom stereocenters. The number of rotatable bonds is 12. The van der Waals surface area contributed by atoms with Crippen LogP contribution < -0.4 is 10.1 Å². The molecule has 2 aromatic carbocycles. The SMILES string of the molecule is CN(C)Cc1cccc(OCCCN=C(C[N+](=O)[O-])NCCc2ccccc2)c1. The molecule has 0 aliphatic rings. The molecule has 0 aliphatic carbocycles. The molecule has 0 bridgehead atoms. The van der Waals surface area contributed by atoms with Crippen LogP contribution in [0.4, 0.5) is 0 Å². The lowest BCUT2D eigenvalue weighted by Crippen LogP contribution is -2.32. The van der Waals surface area contributed by atoms with E-state index in [1.165, 1.54) is 11.1 Å². The molecule has 0 heterocycles. The second-order valence-corrected chi connectivity index (χ2v) is 7.07. The van der Waals surface area contributed by atoms with Crippen molar-refractivity contribution in [3.8, 4) is 5.75 Å². The van der Waals surface area contributed by atoms with E-state index < -0.39 is 0 Å². The minimum absolute atomic E-state index is 0.289. The van der Waals surface area contributed by atoms with E-state index in [-0.39, 0.29) is 11.5 Å². The Bertz CT molecular complexity index is 779. The summed E-state index contributed by atoms with van der Waals surface area (Å²) in [5.74, 6) is 1.25. The van der Waals surface area contributed by atoms with Crippen LogP contribution in [0.25, 0.3) is 0 Å². The van der Waals surface area contributed by atoms with Crippen molar-refractivity contribution in [2.75, 3.05) is 40.3 Å². The first-order valence-corrected chi connectivity index (χ1v) is 9.82. The molecule has 0 aliphatic heterocycles. The van der Waals surface area contributed by atoms with E-state index in [9.17, 15) is 10.1 Å². The monoisotopic (exact) mass is 398 g/mol. The highest BCUT2D eigenvalue weighted by Crippen LogP contribution is 2.14. The molecule has 7 heteroatoms. The molecule has 7 nitrogen and oxygen atoms in total. The lowest BCUT2D eigenvalue weighted by atomic mass is 10.1. The first kappa shape index (κ1) is 22.4. The summed E-state index contributed by atoms with van der Waals surface area (Å²) in [6.07, 6.45) is 1.49. The Balaban J connectivity index is 1.74. The molecular formula is C22H30N4O3. The molecule has 0 spiro atoms. The Morgan fingerprint density at radius 3 is 2.62 bits per heavy atom. The molecule has 0 aromatic heterocycles. The van der Waals surface area contributed by atoms with E-state index in [2.05, 4.69) is 21.3 Å². The summed E-state index contributed by atoms with van der Waals surface area (Å²) in [5.41, 5.74) is 2.38. The topological polar surface area (TPSA) is 80.0 Å². The molecule has 2 aromatic rings. The molecule has 0 saturated carbocycles. The van der Waals surface area contributed by atoms with E-state index in [1.807, 2.05) is 62.6 Å². The lowest BCUT2D eigenvalue weighted by molar-refractivity contribution is -0.463. The fourth-order valence-electron chi connectivity index (χ4n) is 2.85. The van der Waals surface area contributed by atoms with Crippen molar-refractivity contribution in [3.05, 3.63) is 75.8 Å². The summed E-state index contributed by atoms with van der Waals surface area (Å²) in [7, 11) is 4.06. The molecule has 0 fully saturated rings. The number of aliphatic imine (C=N–C) groups is 1. The standard InChI is InChI=1S/C22H30N4O3/c1-25(2)17-20-10-6-11-21(16-20)29-15-7-13-23-22(18-26(27)28)24-14-12-19-8-4-3-5-9-19/h3-6,8-11,16H,7,12-15,17-18H2,1-2H3,(H,23,24). The molecule has 0 radical (unpaired) electrons. The molecule has 0 saturated heterocycles. The van der Waals surface area contributed by atoms with E-state index in [0.29, 0.717) is 32.0 Å². The minimum atomic E-state index is -0.360. The van der Waals surface area contributed by atoms with Gasteiger partial charge in [-0.2, -0.15) is 0 Å². The summed E-state index contributed by atoms with van der Waals surface area (Å²) in [6, 6.07) is 18.0. The van der Waals surface area contributed by atoms with Gasteiger partial charge in [-0.15, -0.1) is 0 Å². The zero-order valence-electron chi connectivity index (χ0n) is 17.2. The Kier molecular flexibility index (Phi) is 9.65. The van der Waals surface area contributed by atoms with Crippen molar-refractivity contribution in [1.29, 1.82) is 0 Å². The van der Waals surface area contributed by atoms with Gasteiger partial charge in [-0.1, -0.05) is 42.5 Å². The summed E-state index contributed by atoms with van der Waals surface area (Å²) >= 11 is 0. The second-order valence-electron chi connectivity index (χ2n) is 7.07. The molecule has 0 unspecified atom stereocenters. The maximum atomic E-state index is 10.9. The zero-order valence-corrected chi connectivity index (χ0v) is 17.2. The van der Waals surface area contributed by atoms with Gasteiger partial charge < -0.3 is 15.0 Å². The smallest absolute Gasteiger partial charge is 0.259 e. The minimum Gasteiger partial charge on any atom is -0.494 e. The Labute approximate surface area is 172 Å². The zero-order chi connectivity index (χ0) is 20.9. The normalized spacial score (nSPS) is 11.5. The number of hydrogen-bond donors (Lipinski definition) is 1. The third-order valence-electron chi connectivity index (χ3n) is 4.14. The Morgan fingerprint density at radius 2 is 1.90 bits per heavy atom. The van der Waals surface area contributed by atoms with Crippen molar-refractivity contribution in [3.63, 3.8) is 0 Å². The van der Waals surface area contributed by atoms with Crippen LogP contribution >= 0.6 is 0 Å². The van der Waals surface area contributed by atoms with E-state index in [4.69, 9.17) is 4.74 Å². The van der Waals surface area contributed by atoms with Crippen LogP contribution in [0.3, 0.4) is 0 Å². The summed E-state index contributed by atoms with van der Waals surface area (Å²) < 4.78 is 5.79. The van der Waals surface area contributed by atoms with Crippen molar-refractivity contribution in [1.82, 2.24) is 10.2 Å². The van der Waals surface area contributed by atoms with Gasteiger partial charge in [0.25, 0.3) is 6.54 Å². The number of ether oxygens (including phenoxy) is 1. The van der Waals surface area contributed by atoms with Crippen LogP contribution in [0.5, 0.6) is 5.75 Å². The fraction of sp³-hybridized carbons (Fsp3) is 0.409. The average molecular weight is 399 g/mol. The number of benzene rings is 2. The Hall–Kier alpha value is -2.93. The molecule has 29 heavy (non-hydrogen) atoms. The second kappa shape index (κ2) is 12.5. The van der Waals surface area contributed by atoms with Crippen LogP contribution in [0.15, 0.2) is 59.6 Å². The van der Waals surface area contributed by atoms with Gasteiger partial charge in [-0.25, -0.2) is 0 Å². The van der Waals surface area contributed by atoms with Gasteiger partial charge in [0.1, 0.15) is 5.75 Å². The van der Waals surface area contributed by atoms with Crippen molar-refractivity contribution in [2.45, 2.75) is 19.4 Å². The predicted octanol–water partition coefficient (Wildman–Crippen LogP) is 3.02. The highest BCUT2D eigenvalue weighted by atomic mass is 16.6. The quantitative estimate of drug-likeness (QED) is 0.195.